The van der Waals surface area contributed by atoms with Crippen LogP contribution >= 0.6 is 0 Å². The first-order chi connectivity index (χ1) is 8.74. The van der Waals surface area contributed by atoms with Gasteiger partial charge in [0, 0.05) is 24.5 Å². The zero-order valence-electron chi connectivity index (χ0n) is 11.4. The third kappa shape index (κ3) is 4.26. The number of anilines is 1. The number of hydrogen-bond acceptors (Lipinski definition) is 4. The van der Waals surface area contributed by atoms with Crippen LogP contribution in [0.5, 0.6) is 0 Å². The highest BCUT2D eigenvalue weighted by molar-refractivity contribution is 5.27. The molecule has 4 nitrogen and oxygen atoms in total. The minimum atomic E-state index is 0.473. The molecule has 0 aromatic carbocycles. The molecular weight excluding hydrogens is 226 g/mol. The lowest BCUT2D eigenvalue weighted by molar-refractivity contribution is 0.0107. The fourth-order valence-electron chi connectivity index (χ4n) is 2.37. The molecule has 100 valence electrons. The molecule has 0 amide bonds. The number of rotatable bonds is 5. The minimum absolute atomic E-state index is 0.473. The standard InChI is InChI=1S/C14H23N3O/c1-11-10-12(2)17-14(16-11)15-8-5-7-13-6-3-4-9-18-13/h10,13H,3-9H2,1-2H3,(H,15,16,17). The van der Waals surface area contributed by atoms with Crippen LogP contribution in [0.25, 0.3) is 0 Å². The molecule has 1 fully saturated rings. The SMILES string of the molecule is Cc1cc(C)nc(NCCCC2CCCCO2)n1. The zero-order valence-corrected chi connectivity index (χ0v) is 11.4. The normalized spacial score (nSPS) is 19.8. The first kappa shape index (κ1) is 13.3. The van der Waals surface area contributed by atoms with E-state index in [1.807, 2.05) is 19.9 Å². The molecule has 1 saturated heterocycles. The largest absolute Gasteiger partial charge is 0.378 e. The van der Waals surface area contributed by atoms with Crippen LogP contribution in [0.4, 0.5) is 5.95 Å². The summed E-state index contributed by atoms with van der Waals surface area (Å²) in [4.78, 5) is 8.73. The number of ether oxygens (including phenoxy) is 1. The van der Waals surface area contributed by atoms with E-state index >= 15 is 0 Å². The van der Waals surface area contributed by atoms with E-state index in [0.29, 0.717) is 6.10 Å². The van der Waals surface area contributed by atoms with Crippen molar-refractivity contribution in [1.29, 1.82) is 0 Å². The topological polar surface area (TPSA) is 47.0 Å². The van der Waals surface area contributed by atoms with Gasteiger partial charge in [-0.2, -0.15) is 0 Å². The third-order valence-electron chi connectivity index (χ3n) is 3.24. The Labute approximate surface area is 109 Å². The second-order valence-corrected chi connectivity index (χ2v) is 5.03. The van der Waals surface area contributed by atoms with E-state index in [1.54, 1.807) is 0 Å². The van der Waals surface area contributed by atoms with Crippen LogP contribution in [-0.4, -0.2) is 29.2 Å². The summed E-state index contributed by atoms with van der Waals surface area (Å²) in [5, 5.41) is 3.29. The van der Waals surface area contributed by atoms with Gasteiger partial charge < -0.3 is 10.1 Å². The molecule has 4 heteroatoms. The molecule has 0 aliphatic carbocycles. The molecule has 1 aliphatic heterocycles. The first-order valence-corrected chi connectivity index (χ1v) is 6.92. The van der Waals surface area contributed by atoms with E-state index in [0.717, 1.165) is 43.3 Å². The van der Waals surface area contributed by atoms with Gasteiger partial charge in [0.2, 0.25) is 5.95 Å². The molecule has 2 rings (SSSR count). The molecule has 0 spiro atoms. The molecule has 1 unspecified atom stereocenters. The van der Waals surface area contributed by atoms with Gasteiger partial charge in [-0.15, -0.1) is 0 Å². The van der Waals surface area contributed by atoms with Crippen molar-refractivity contribution in [2.75, 3.05) is 18.5 Å². The van der Waals surface area contributed by atoms with Crippen molar-refractivity contribution in [3.8, 4) is 0 Å². The Morgan fingerprint density at radius 2 is 2.06 bits per heavy atom. The average Bonchev–Trinajstić information content (AvgIpc) is 2.35. The predicted molar refractivity (Wildman–Crippen MR) is 72.8 cm³/mol. The highest BCUT2D eigenvalue weighted by Gasteiger charge is 2.12. The molecule has 1 atom stereocenters. The summed E-state index contributed by atoms with van der Waals surface area (Å²) >= 11 is 0. The fraction of sp³-hybridized carbons (Fsp3) is 0.714. The van der Waals surface area contributed by atoms with Gasteiger partial charge in [-0.1, -0.05) is 0 Å². The van der Waals surface area contributed by atoms with Crippen molar-refractivity contribution in [3.05, 3.63) is 17.5 Å². The Bertz CT molecular complexity index is 355. The van der Waals surface area contributed by atoms with Gasteiger partial charge in [0.1, 0.15) is 0 Å². The molecule has 1 aromatic heterocycles. The second-order valence-electron chi connectivity index (χ2n) is 5.03. The lowest BCUT2D eigenvalue weighted by Crippen LogP contribution is -2.20. The van der Waals surface area contributed by atoms with Gasteiger partial charge in [-0.25, -0.2) is 9.97 Å². The van der Waals surface area contributed by atoms with Gasteiger partial charge in [0.15, 0.2) is 0 Å². The minimum Gasteiger partial charge on any atom is -0.378 e. The van der Waals surface area contributed by atoms with E-state index < -0.39 is 0 Å². The van der Waals surface area contributed by atoms with E-state index in [4.69, 9.17) is 4.74 Å². The molecule has 2 heterocycles. The van der Waals surface area contributed by atoms with Crippen molar-refractivity contribution in [1.82, 2.24) is 9.97 Å². The van der Waals surface area contributed by atoms with Crippen LogP contribution in [0, 0.1) is 13.8 Å². The van der Waals surface area contributed by atoms with Crippen LogP contribution in [0.3, 0.4) is 0 Å². The molecule has 1 aliphatic rings. The highest BCUT2D eigenvalue weighted by Crippen LogP contribution is 2.16. The van der Waals surface area contributed by atoms with Crippen LogP contribution in [0.1, 0.15) is 43.5 Å². The summed E-state index contributed by atoms with van der Waals surface area (Å²) in [5.41, 5.74) is 2.03. The number of hydrogen-bond donors (Lipinski definition) is 1. The maximum absolute atomic E-state index is 5.71. The summed E-state index contributed by atoms with van der Waals surface area (Å²) in [7, 11) is 0. The molecule has 1 N–H and O–H groups in total. The zero-order chi connectivity index (χ0) is 12.8. The average molecular weight is 249 g/mol. The van der Waals surface area contributed by atoms with Crippen molar-refractivity contribution in [2.24, 2.45) is 0 Å². The third-order valence-corrected chi connectivity index (χ3v) is 3.24. The lowest BCUT2D eigenvalue weighted by atomic mass is 10.0. The Kier molecular flexibility index (Phi) is 4.93. The Hall–Kier alpha value is -1.16. The van der Waals surface area contributed by atoms with Crippen molar-refractivity contribution in [3.63, 3.8) is 0 Å². The maximum Gasteiger partial charge on any atom is 0.223 e. The number of nitrogens with zero attached hydrogens (tertiary/aromatic N) is 2. The van der Waals surface area contributed by atoms with Crippen LogP contribution in [0.15, 0.2) is 6.07 Å². The van der Waals surface area contributed by atoms with Gasteiger partial charge >= 0.3 is 0 Å². The van der Waals surface area contributed by atoms with E-state index in [1.165, 1.54) is 19.3 Å². The van der Waals surface area contributed by atoms with E-state index in [-0.39, 0.29) is 0 Å². The monoisotopic (exact) mass is 249 g/mol. The summed E-state index contributed by atoms with van der Waals surface area (Å²) < 4.78 is 5.71. The van der Waals surface area contributed by atoms with Gasteiger partial charge in [-0.05, 0) is 52.0 Å². The summed E-state index contributed by atoms with van der Waals surface area (Å²) in [6.07, 6.45) is 6.49. The smallest absolute Gasteiger partial charge is 0.223 e. The van der Waals surface area contributed by atoms with Gasteiger partial charge in [0.25, 0.3) is 0 Å². The summed E-state index contributed by atoms with van der Waals surface area (Å²) in [5.74, 6) is 0.747. The molecule has 18 heavy (non-hydrogen) atoms. The Morgan fingerprint density at radius 1 is 1.28 bits per heavy atom. The molecule has 1 aromatic rings. The van der Waals surface area contributed by atoms with Crippen LogP contribution < -0.4 is 5.32 Å². The summed E-state index contributed by atoms with van der Waals surface area (Å²) in [6, 6.07) is 1.99. The van der Waals surface area contributed by atoms with E-state index in [9.17, 15) is 0 Å². The van der Waals surface area contributed by atoms with Gasteiger partial charge in [-0.3, -0.25) is 0 Å². The lowest BCUT2D eigenvalue weighted by Gasteiger charge is -2.22. The highest BCUT2D eigenvalue weighted by atomic mass is 16.5. The predicted octanol–water partition coefficient (Wildman–Crippen LogP) is 2.85. The quantitative estimate of drug-likeness (QED) is 0.815. The van der Waals surface area contributed by atoms with Crippen molar-refractivity contribution < 1.29 is 4.74 Å². The number of aryl methyl sites for hydroxylation is 2. The summed E-state index contributed by atoms with van der Waals surface area (Å²) in [6.45, 7) is 5.85. The van der Waals surface area contributed by atoms with Gasteiger partial charge in [0.05, 0.1) is 6.10 Å². The Balaban J connectivity index is 1.68. The molecule has 0 radical (unpaired) electrons. The first-order valence-electron chi connectivity index (χ1n) is 6.92. The van der Waals surface area contributed by atoms with E-state index in [2.05, 4.69) is 15.3 Å². The van der Waals surface area contributed by atoms with Crippen LogP contribution in [0.2, 0.25) is 0 Å². The Morgan fingerprint density at radius 3 is 2.72 bits per heavy atom. The van der Waals surface area contributed by atoms with Crippen molar-refractivity contribution in [2.45, 2.75) is 52.1 Å². The fourth-order valence-corrected chi connectivity index (χ4v) is 2.37. The second kappa shape index (κ2) is 6.69. The number of nitrogens with one attached hydrogen (secondary N) is 1. The van der Waals surface area contributed by atoms with Crippen LogP contribution in [-0.2, 0) is 4.74 Å². The van der Waals surface area contributed by atoms with Crippen molar-refractivity contribution >= 4 is 5.95 Å². The molecular formula is C14H23N3O. The molecule has 0 saturated carbocycles. The maximum atomic E-state index is 5.71. The number of aromatic nitrogens is 2. The molecule has 0 bridgehead atoms.